The monoisotopic (exact) mass is 213 g/mol. The van der Waals surface area contributed by atoms with Gasteiger partial charge in [0, 0.05) is 10.7 Å². The van der Waals surface area contributed by atoms with Crippen molar-refractivity contribution in [2.75, 3.05) is 0 Å². The molecule has 0 spiro atoms. The highest BCUT2D eigenvalue weighted by Crippen LogP contribution is 2.19. The molecule has 1 aromatic rings. The Morgan fingerprint density at radius 3 is 2.45 bits per heavy atom. The van der Waals surface area contributed by atoms with Crippen molar-refractivity contribution in [3.05, 3.63) is 11.2 Å². The van der Waals surface area contributed by atoms with E-state index in [-0.39, 0.29) is 5.02 Å². The lowest BCUT2D eigenvalue weighted by Gasteiger charge is -1.92. The zero-order valence-corrected chi connectivity index (χ0v) is 7.23. The second-order valence-corrected chi connectivity index (χ2v) is 4.41. The van der Waals surface area contributed by atoms with Crippen LogP contribution >= 0.6 is 22.3 Å². The average Bonchev–Trinajstić information content (AvgIpc) is 1.86. The van der Waals surface area contributed by atoms with Crippen LogP contribution in [0.15, 0.2) is 11.2 Å². The largest absolute Gasteiger partial charge is 0.282 e. The number of nitrogens with zero attached hydrogens (tertiary/aromatic N) is 3. The van der Waals surface area contributed by atoms with Crippen LogP contribution in [0.2, 0.25) is 5.02 Å². The molecule has 0 aliphatic rings. The number of aromatic nitrogens is 3. The van der Waals surface area contributed by atoms with Gasteiger partial charge in [0.2, 0.25) is 5.03 Å². The second-order valence-electron chi connectivity index (χ2n) is 1.52. The first kappa shape index (κ1) is 8.63. The summed E-state index contributed by atoms with van der Waals surface area (Å²) in [6.07, 6.45) is 1.05. The fraction of sp³-hybridized carbons (Fsp3) is 0. The summed E-state index contributed by atoms with van der Waals surface area (Å²) < 4.78 is 21.2. The summed E-state index contributed by atoms with van der Waals surface area (Å²) in [6.45, 7) is 0. The molecule has 0 N–H and O–H groups in total. The Kier molecular flexibility index (Phi) is 2.26. The van der Waals surface area contributed by atoms with Gasteiger partial charge in [-0.25, -0.2) is 8.42 Å². The fourth-order valence-corrected chi connectivity index (χ4v) is 1.68. The summed E-state index contributed by atoms with van der Waals surface area (Å²) in [6, 6.07) is 0. The van der Waals surface area contributed by atoms with Crippen LogP contribution in [0.5, 0.6) is 0 Å². The molecule has 1 heterocycles. The molecule has 0 radical (unpaired) electrons. The van der Waals surface area contributed by atoms with E-state index in [9.17, 15) is 8.42 Å². The van der Waals surface area contributed by atoms with Gasteiger partial charge in [-0.1, -0.05) is 11.6 Å². The Balaban J connectivity index is 3.37. The van der Waals surface area contributed by atoms with E-state index in [2.05, 4.69) is 15.4 Å². The van der Waals surface area contributed by atoms with Crippen molar-refractivity contribution >= 4 is 31.3 Å². The van der Waals surface area contributed by atoms with Crippen LogP contribution in [0.1, 0.15) is 0 Å². The predicted octanol–water partition coefficient (Wildman–Crippen LogP) is 0.453. The van der Waals surface area contributed by atoms with Crippen LogP contribution in [-0.2, 0) is 9.05 Å². The first-order valence-electron chi connectivity index (χ1n) is 2.30. The van der Waals surface area contributed by atoms with Crippen LogP contribution in [-0.4, -0.2) is 23.8 Å². The molecule has 0 atom stereocenters. The van der Waals surface area contributed by atoms with Crippen LogP contribution < -0.4 is 0 Å². The van der Waals surface area contributed by atoms with Gasteiger partial charge >= 0.3 is 0 Å². The first-order chi connectivity index (χ1) is 5.02. The van der Waals surface area contributed by atoms with Gasteiger partial charge < -0.3 is 0 Å². The average molecular weight is 214 g/mol. The topological polar surface area (TPSA) is 72.8 Å². The second kappa shape index (κ2) is 2.88. The van der Waals surface area contributed by atoms with E-state index in [0.29, 0.717) is 0 Å². The Bertz CT molecular complexity index is 365. The van der Waals surface area contributed by atoms with Crippen LogP contribution in [0, 0.1) is 0 Å². The Labute approximate surface area is 71.8 Å². The van der Waals surface area contributed by atoms with Crippen molar-refractivity contribution < 1.29 is 8.42 Å². The lowest BCUT2D eigenvalue weighted by molar-refractivity contribution is 0.601. The van der Waals surface area contributed by atoms with E-state index in [1.807, 2.05) is 0 Å². The summed E-state index contributed by atoms with van der Waals surface area (Å²) in [5.74, 6) is 0. The molecule has 0 amide bonds. The molecule has 1 rings (SSSR count). The third-order valence-electron chi connectivity index (χ3n) is 0.794. The molecule has 0 unspecified atom stereocenters. The van der Waals surface area contributed by atoms with E-state index in [1.54, 1.807) is 0 Å². The van der Waals surface area contributed by atoms with Crippen molar-refractivity contribution in [3.63, 3.8) is 0 Å². The van der Waals surface area contributed by atoms with Gasteiger partial charge in [0.1, 0.15) is 5.02 Å². The molecule has 1 aromatic heterocycles. The number of rotatable bonds is 1. The standard InChI is InChI=1S/C3HCl2N3O2S/c4-2-1-6-8-7-3(2)11(5,9)10/h1H. The van der Waals surface area contributed by atoms with Crippen molar-refractivity contribution in [3.8, 4) is 0 Å². The van der Waals surface area contributed by atoms with Crippen molar-refractivity contribution in [1.82, 2.24) is 15.4 Å². The van der Waals surface area contributed by atoms with Gasteiger partial charge in [-0.2, -0.15) is 0 Å². The molecule has 0 saturated carbocycles. The van der Waals surface area contributed by atoms with Crippen molar-refractivity contribution in [1.29, 1.82) is 0 Å². The smallest absolute Gasteiger partial charge is 0.205 e. The quantitative estimate of drug-likeness (QED) is 0.634. The molecule has 0 saturated heterocycles. The van der Waals surface area contributed by atoms with E-state index in [1.165, 1.54) is 0 Å². The van der Waals surface area contributed by atoms with E-state index in [4.69, 9.17) is 22.3 Å². The molecule has 5 nitrogen and oxygen atoms in total. The zero-order valence-electron chi connectivity index (χ0n) is 4.90. The maximum absolute atomic E-state index is 10.6. The van der Waals surface area contributed by atoms with Crippen molar-refractivity contribution in [2.45, 2.75) is 5.03 Å². The normalized spacial score (nSPS) is 11.5. The molecule has 60 valence electrons. The van der Waals surface area contributed by atoms with E-state index >= 15 is 0 Å². The summed E-state index contributed by atoms with van der Waals surface area (Å²) in [5.41, 5.74) is 0. The highest BCUT2D eigenvalue weighted by Gasteiger charge is 2.16. The summed E-state index contributed by atoms with van der Waals surface area (Å²) in [5, 5.41) is 8.82. The highest BCUT2D eigenvalue weighted by molar-refractivity contribution is 8.13. The van der Waals surface area contributed by atoms with Gasteiger partial charge in [0.25, 0.3) is 9.05 Å². The Morgan fingerprint density at radius 2 is 2.09 bits per heavy atom. The Morgan fingerprint density at radius 1 is 1.45 bits per heavy atom. The number of hydrogen-bond acceptors (Lipinski definition) is 5. The molecule has 0 bridgehead atoms. The molecule has 0 aliphatic carbocycles. The third-order valence-corrected chi connectivity index (χ3v) is 2.38. The lowest BCUT2D eigenvalue weighted by atomic mass is 10.7. The molecule has 0 aromatic carbocycles. The van der Waals surface area contributed by atoms with E-state index < -0.39 is 14.1 Å². The first-order valence-corrected chi connectivity index (χ1v) is 4.99. The number of halogens is 2. The molecular formula is C3HCl2N3O2S. The maximum atomic E-state index is 10.6. The Hall–Kier alpha value is -0.460. The minimum Gasteiger partial charge on any atom is -0.205 e. The minimum atomic E-state index is -3.91. The van der Waals surface area contributed by atoms with Gasteiger partial charge in [0.05, 0.1) is 6.20 Å². The molecule has 8 heteroatoms. The van der Waals surface area contributed by atoms with Crippen molar-refractivity contribution in [2.24, 2.45) is 0 Å². The van der Waals surface area contributed by atoms with Gasteiger partial charge in [-0.05, 0) is 5.21 Å². The van der Waals surface area contributed by atoms with Crippen LogP contribution in [0.3, 0.4) is 0 Å². The van der Waals surface area contributed by atoms with Crippen LogP contribution in [0.25, 0.3) is 0 Å². The van der Waals surface area contributed by atoms with Gasteiger partial charge in [0.15, 0.2) is 0 Å². The predicted molar refractivity (Wildman–Crippen MR) is 37.9 cm³/mol. The van der Waals surface area contributed by atoms with Gasteiger partial charge in [-0.15, -0.1) is 10.2 Å². The summed E-state index contributed by atoms with van der Waals surface area (Å²) in [4.78, 5) is 0. The third kappa shape index (κ3) is 1.98. The van der Waals surface area contributed by atoms with E-state index in [0.717, 1.165) is 6.20 Å². The van der Waals surface area contributed by atoms with Crippen LogP contribution in [0.4, 0.5) is 0 Å². The minimum absolute atomic E-state index is 0.144. The molecular weight excluding hydrogens is 213 g/mol. The number of hydrogen-bond donors (Lipinski definition) is 0. The SMILES string of the molecule is O=S(=O)(Cl)c1nnncc1Cl. The van der Waals surface area contributed by atoms with Gasteiger partial charge in [-0.3, -0.25) is 0 Å². The maximum Gasteiger partial charge on any atom is 0.282 e. The molecule has 0 fully saturated rings. The zero-order chi connectivity index (χ0) is 8.48. The molecule has 0 aliphatic heterocycles. The molecule has 11 heavy (non-hydrogen) atoms. The lowest BCUT2D eigenvalue weighted by Crippen LogP contribution is -1.99. The summed E-state index contributed by atoms with van der Waals surface area (Å²) >= 11 is 5.38. The summed E-state index contributed by atoms with van der Waals surface area (Å²) in [7, 11) is 1.01. The highest BCUT2D eigenvalue weighted by atomic mass is 35.7. The fourth-order valence-electron chi connectivity index (χ4n) is 0.411.